The fourth-order valence-corrected chi connectivity index (χ4v) is 5.33. The maximum Gasteiger partial charge on any atom is 0.150 e. The molecule has 3 rings (SSSR count). The number of hydrogen-bond acceptors (Lipinski definition) is 7. The molecule has 0 aromatic carbocycles. The Hall–Kier alpha value is -1.03. The second kappa shape index (κ2) is 16.0. The topological polar surface area (TPSA) is 67.2 Å². The SMILES string of the molecule is CCOCCOCC1(COCCOCC)CCC(c2nn(C3CCCCO3)cc2CN(C)CC)CC1. The number of hydrogen-bond donors (Lipinski definition) is 0. The lowest BCUT2D eigenvalue weighted by Gasteiger charge is -2.39. The minimum absolute atomic E-state index is 0.0460. The van der Waals surface area contributed by atoms with Gasteiger partial charge in [-0.25, -0.2) is 4.68 Å². The van der Waals surface area contributed by atoms with E-state index in [0.717, 1.165) is 84.6 Å². The molecule has 1 aromatic heterocycles. The van der Waals surface area contributed by atoms with E-state index in [1.807, 2.05) is 13.8 Å². The molecule has 2 fully saturated rings. The van der Waals surface area contributed by atoms with Gasteiger partial charge in [-0.15, -0.1) is 0 Å². The number of rotatable bonds is 17. The van der Waals surface area contributed by atoms with Gasteiger partial charge in [-0.2, -0.15) is 5.10 Å². The maximum atomic E-state index is 6.09. The summed E-state index contributed by atoms with van der Waals surface area (Å²) in [5, 5.41) is 5.15. The lowest BCUT2D eigenvalue weighted by atomic mass is 9.70. The minimum Gasteiger partial charge on any atom is -0.379 e. The fourth-order valence-electron chi connectivity index (χ4n) is 5.33. The average molecular weight is 510 g/mol. The molecule has 2 aliphatic rings. The van der Waals surface area contributed by atoms with E-state index in [1.165, 1.54) is 17.7 Å². The van der Waals surface area contributed by atoms with Gasteiger partial charge in [0.25, 0.3) is 0 Å². The van der Waals surface area contributed by atoms with Gasteiger partial charge in [0.2, 0.25) is 0 Å². The normalized spacial score (nSPS) is 20.9. The molecule has 1 saturated heterocycles. The molecule has 1 unspecified atom stereocenters. The summed E-state index contributed by atoms with van der Waals surface area (Å²) in [7, 11) is 2.18. The van der Waals surface area contributed by atoms with E-state index in [-0.39, 0.29) is 11.6 Å². The van der Waals surface area contributed by atoms with Crippen LogP contribution in [0.15, 0.2) is 6.20 Å². The van der Waals surface area contributed by atoms with Crippen molar-refractivity contribution in [2.75, 3.05) is 73.1 Å². The first kappa shape index (κ1) is 29.5. The van der Waals surface area contributed by atoms with Gasteiger partial charge in [0.15, 0.2) is 0 Å². The molecule has 1 aliphatic heterocycles. The highest BCUT2D eigenvalue weighted by Gasteiger charge is 2.38. The highest BCUT2D eigenvalue weighted by molar-refractivity contribution is 5.22. The second-order valence-electron chi connectivity index (χ2n) is 10.4. The van der Waals surface area contributed by atoms with Crippen molar-refractivity contribution in [3.05, 3.63) is 17.5 Å². The van der Waals surface area contributed by atoms with Gasteiger partial charge in [0.1, 0.15) is 6.23 Å². The van der Waals surface area contributed by atoms with Gasteiger partial charge < -0.3 is 28.6 Å². The third-order valence-corrected chi connectivity index (χ3v) is 7.67. The monoisotopic (exact) mass is 509 g/mol. The largest absolute Gasteiger partial charge is 0.379 e. The summed E-state index contributed by atoms with van der Waals surface area (Å²) in [6.07, 6.45) is 10.1. The van der Waals surface area contributed by atoms with Gasteiger partial charge in [-0.3, -0.25) is 0 Å². The Kier molecular flexibility index (Phi) is 13.2. The first-order valence-corrected chi connectivity index (χ1v) is 14.3. The van der Waals surface area contributed by atoms with E-state index in [4.69, 9.17) is 28.8 Å². The summed E-state index contributed by atoms with van der Waals surface area (Å²) in [4.78, 5) is 2.36. The van der Waals surface area contributed by atoms with E-state index in [9.17, 15) is 0 Å². The van der Waals surface area contributed by atoms with Crippen molar-refractivity contribution in [3.8, 4) is 0 Å². The molecule has 0 radical (unpaired) electrons. The van der Waals surface area contributed by atoms with E-state index in [0.29, 0.717) is 32.3 Å². The van der Waals surface area contributed by atoms with Crippen LogP contribution in [0.5, 0.6) is 0 Å². The Balaban J connectivity index is 1.65. The maximum absolute atomic E-state index is 6.09. The number of aromatic nitrogens is 2. The zero-order valence-corrected chi connectivity index (χ0v) is 23.3. The first-order chi connectivity index (χ1) is 17.6. The molecule has 36 heavy (non-hydrogen) atoms. The highest BCUT2D eigenvalue weighted by atomic mass is 16.5. The van der Waals surface area contributed by atoms with E-state index in [1.54, 1.807) is 0 Å². The van der Waals surface area contributed by atoms with Crippen LogP contribution in [0.4, 0.5) is 0 Å². The summed E-state index contributed by atoms with van der Waals surface area (Å²) < 4.78 is 31.3. The van der Waals surface area contributed by atoms with Gasteiger partial charge >= 0.3 is 0 Å². The standard InChI is InChI=1S/C28H51N3O5/c1-5-30(4)20-25-21-31(26-10-8-9-15-36-26)29-27(25)24-11-13-28(14-12-24,22-34-18-16-32-6-2)23-35-19-17-33-7-3/h21,24,26H,5-20,22-23H2,1-4H3. The molecule has 0 N–H and O–H groups in total. The van der Waals surface area contributed by atoms with Crippen molar-refractivity contribution in [3.63, 3.8) is 0 Å². The van der Waals surface area contributed by atoms with Crippen molar-refractivity contribution in [2.24, 2.45) is 5.41 Å². The second-order valence-corrected chi connectivity index (χ2v) is 10.4. The lowest BCUT2D eigenvalue weighted by Crippen LogP contribution is -2.37. The fraction of sp³-hybridized carbons (Fsp3) is 0.893. The number of nitrogens with zero attached hydrogens (tertiary/aromatic N) is 3. The van der Waals surface area contributed by atoms with Crippen LogP contribution in [0.25, 0.3) is 0 Å². The highest BCUT2D eigenvalue weighted by Crippen LogP contribution is 2.44. The minimum atomic E-state index is 0.0460. The summed E-state index contributed by atoms with van der Waals surface area (Å²) in [6, 6.07) is 0. The van der Waals surface area contributed by atoms with Crippen molar-refractivity contribution < 1.29 is 23.7 Å². The molecular weight excluding hydrogens is 458 g/mol. The molecule has 1 saturated carbocycles. The van der Waals surface area contributed by atoms with Crippen LogP contribution >= 0.6 is 0 Å². The Morgan fingerprint density at radius 3 is 2.14 bits per heavy atom. The molecule has 0 bridgehead atoms. The Bertz CT molecular complexity index is 698. The zero-order chi connectivity index (χ0) is 25.6. The Labute approximate surface area is 218 Å². The van der Waals surface area contributed by atoms with Gasteiger partial charge in [-0.05, 0) is 72.4 Å². The molecule has 208 valence electrons. The Morgan fingerprint density at radius 1 is 0.944 bits per heavy atom. The van der Waals surface area contributed by atoms with Crippen LogP contribution in [-0.4, -0.2) is 87.7 Å². The van der Waals surface area contributed by atoms with Crippen molar-refractivity contribution in [2.45, 2.75) is 84.4 Å². The average Bonchev–Trinajstić information content (AvgIpc) is 3.33. The predicted molar refractivity (Wildman–Crippen MR) is 141 cm³/mol. The summed E-state index contributed by atoms with van der Waals surface area (Å²) in [5.74, 6) is 0.468. The van der Waals surface area contributed by atoms with Crippen LogP contribution in [0.1, 0.15) is 89.1 Å². The summed E-state index contributed by atoms with van der Waals surface area (Å²) >= 11 is 0. The Morgan fingerprint density at radius 2 is 1.58 bits per heavy atom. The van der Waals surface area contributed by atoms with E-state index >= 15 is 0 Å². The molecule has 2 heterocycles. The predicted octanol–water partition coefficient (Wildman–Crippen LogP) is 4.78. The van der Waals surface area contributed by atoms with Crippen LogP contribution in [-0.2, 0) is 30.2 Å². The van der Waals surface area contributed by atoms with E-state index < -0.39 is 0 Å². The summed E-state index contributed by atoms with van der Waals surface area (Å²) in [6.45, 7) is 14.5. The molecule has 1 atom stereocenters. The molecule has 0 spiro atoms. The summed E-state index contributed by atoms with van der Waals surface area (Å²) in [5.41, 5.74) is 2.67. The van der Waals surface area contributed by atoms with Crippen LogP contribution in [0.2, 0.25) is 0 Å². The van der Waals surface area contributed by atoms with Crippen molar-refractivity contribution in [1.82, 2.24) is 14.7 Å². The van der Waals surface area contributed by atoms with Crippen molar-refractivity contribution in [1.29, 1.82) is 0 Å². The zero-order valence-electron chi connectivity index (χ0n) is 23.3. The lowest BCUT2D eigenvalue weighted by molar-refractivity contribution is -0.0630. The molecule has 1 aromatic rings. The molecular formula is C28H51N3O5. The number of ether oxygens (including phenoxy) is 5. The quantitative estimate of drug-likeness (QED) is 0.280. The third-order valence-electron chi connectivity index (χ3n) is 7.67. The molecule has 8 heteroatoms. The van der Waals surface area contributed by atoms with Gasteiger partial charge in [0, 0.05) is 49.5 Å². The molecule has 0 amide bonds. The first-order valence-electron chi connectivity index (χ1n) is 14.3. The van der Waals surface area contributed by atoms with Gasteiger partial charge in [0.05, 0.1) is 45.3 Å². The van der Waals surface area contributed by atoms with Crippen LogP contribution in [0.3, 0.4) is 0 Å². The van der Waals surface area contributed by atoms with Crippen LogP contribution in [0, 0.1) is 5.41 Å². The van der Waals surface area contributed by atoms with Crippen molar-refractivity contribution >= 4 is 0 Å². The van der Waals surface area contributed by atoms with Gasteiger partial charge in [-0.1, -0.05) is 6.92 Å². The molecule has 1 aliphatic carbocycles. The van der Waals surface area contributed by atoms with E-state index in [2.05, 4.69) is 29.7 Å². The molecule has 8 nitrogen and oxygen atoms in total. The van der Waals surface area contributed by atoms with Crippen LogP contribution < -0.4 is 0 Å². The smallest absolute Gasteiger partial charge is 0.150 e. The third kappa shape index (κ3) is 9.07.